The molecule has 44 heavy (non-hydrogen) atoms. The Morgan fingerprint density at radius 3 is 2.23 bits per heavy atom. The summed E-state index contributed by atoms with van der Waals surface area (Å²) in [6, 6.07) is 28.1. The van der Waals surface area contributed by atoms with Gasteiger partial charge in [-0.3, -0.25) is 4.90 Å². The van der Waals surface area contributed by atoms with Gasteiger partial charge in [-0.05, 0) is 49.4 Å². The molecule has 1 aliphatic heterocycles. The molecule has 8 rings (SSSR count). The van der Waals surface area contributed by atoms with Crippen LogP contribution in [0.4, 0.5) is 5.82 Å². The molecule has 4 heterocycles. The Morgan fingerprint density at radius 1 is 0.773 bits per heavy atom. The normalized spacial score (nSPS) is 15.9. The Labute approximate surface area is 255 Å². The van der Waals surface area contributed by atoms with Crippen LogP contribution in [0.25, 0.3) is 44.6 Å². The molecule has 216 valence electrons. The summed E-state index contributed by atoms with van der Waals surface area (Å²) in [5.74, 6) is 0.911. The summed E-state index contributed by atoms with van der Waals surface area (Å²) in [6.45, 7) is 2.89. The van der Waals surface area contributed by atoms with E-state index in [-0.39, 0.29) is 5.82 Å². The van der Waals surface area contributed by atoms with Crippen LogP contribution in [-0.2, 0) is 6.54 Å². The largest absolute Gasteiger partial charge is 0.367 e. The van der Waals surface area contributed by atoms with Gasteiger partial charge in [0.15, 0.2) is 0 Å². The van der Waals surface area contributed by atoms with Crippen LogP contribution >= 0.6 is 0 Å². The van der Waals surface area contributed by atoms with Crippen LogP contribution in [-0.4, -0.2) is 53.5 Å². The third kappa shape index (κ3) is 5.25. The summed E-state index contributed by atoms with van der Waals surface area (Å²) in [6.07, 6.45) is 8.05. The van der Waals surface area contributed by atoms with Crippen molar-refractivity contribution in [1.29, 1.82) is 5.26 Å². The van der Waals surface area contributed by atoms with Gasteiger partial charge in [-0.2, -0.15) is 5.26 Å². The molecule has 1 saturated heterocycles. The lowest BCUT2D eigenvalue weighted by Crippen LogP contribution is -2.38. The predicted molar refractivity (Wildman–Crippen MR) is 171 cm³/mol. The van der Waals surface area contributed by atoms with Crippen LogP contribution in [0.2, 0.25) is 0 Å². The van der Waals surface area contributed by atoms with E-state index in [1.165, 1.54) is 18.4 Å². The second-order valence-electron chi connectivity index (χ2n) is 11.8. The molecule has 6 aromatic rings. The van der Waals surface area contributed by atoms with E-state index in [2.05, 4.69) is 90.4 Å². The summed E-state index contributed by atoms with van der Waals surface area (Å²) in [7, 11) is 0. The van der Waals surface area contributed by atoms with Crippen LogP contribution in [0.15, 0.2) is 85.3 Å². The average Bonchev–Trinajstić information content (AvgIpc) is 3.84. The quantitative estimate of drug-likeness (QED) is 0.233. The van der Waals surface area contributed by atoms with Crippen LogP contribution in [0.3, 0.4) is 0 Å². The molecule has 3 aromatic carbocycles. The summed E-state index contributed by atoms with van der Waals surface area (Å²) < 4.78 is 2.29. The number of fused-ring (bicyclic) bond motifs is 2. The number of imidazole rings is 1. The molecule has 1 aliphatic carbocycles. The van der Waals surface area contributed by atoms with Crippen molar-refractivity contribution < 1.29 is 0 Å². The molecule has 0 unspecified atom stereocenters. The minimum absolute atomic E-state index is 0.194. The number of anilines is 1. The van der Waals surface area contributed by atoms with Gasteiger partial charge in [0.05, 0.1) is 39.8 Å². The summed E-state index contributed by atoms with van der Waals surface area (Å²) >= 11 is 0. The SMILES string of the molecule is N#Cc1nccc(NC2CCN(Cc3ccc(-c4nc5cc6ncn(C7CC7)c6cc5nc4-c4ccccc4)cc3)CC2)n1. The van der Waals surface area contributed by atoms with Gasteiger partial charge in [-0.25, -0.2) is 24.9 Å². The van der Waals surface area contributed by atoms with Crippen molar-refractivity contribution in [3.63, 3.8) is 0 Å². The van der Waals surface area contributed by atoms with E-state index in [1.807, 2.05) is 24.5 Å². The molecule has 1 saturated carbocycles. The van der Waals surface area contributed by atoms with Crippen molar-refractivity contribution in [2.45, 2.75) is 44.3 Å². The minimum atomic E-state index is 0.194. The second-order valence-corrected chi connectivity index (χ2v) is 11.8. The van der Waals surface area contributed by atoms with E-state index < -0.39 is 0 Å². The maximum atomic E-state index is 9.07. The molecule has 9 heteroatoms. The lowest BCUT2D eigenvalue weighted by atomic mass is 10.0. The van der Waals surface area contributed by atoms with Gasteiger partial charge >= 0.3 is 0 Å². The van der Waals surface area contributed by atoms with E-state index in [9.17, 15) is 0 Å². The van der Waals surface area contributed by atoms with Gasteiger partial charge in [-0.1, -0.05) is 54.6 Å². The summed E-state index contributed by atoms with van der Waals surface area (Å²) in [4.78, 5) is 25.8. The Hall–Kier alpha value is -5.20. The molecule has 0 bridgehead atoms. The number of hydrogen-bond acceptors (Lipinski definition) is 8. The minimum Gasteiger partial charge on any atom is -0.367 e. The highest BCUT2D eigenvalue weighted by atomic mass is 15.2. The van der Waals surface area contributed by atoms with Crippen LogP contribution < -0.4 is 5.32 Å². The summed E-state index contributed by atoms with van der Waals surface area (Å²) in [5, 5.41) is 12.5. The number of likely N-dealkylation sites (tertiary alicyclic amines) is 1. The highest BCUT2D eigenvalue weighted by molar-refractivity contribution is 5.94. The first-order chi connectivity index (χ1) is 21.7. The van der Waals surface area contributed by atoms with Crippen molar-refractivity contribution in [3.05, 3.63) is 96.7 Å². The Morgan fingerprint density at radius 2 is 1.50 bits per heavy atom. The topological polar surface area (TPSA) is 108 Å². The fourth-order valence-corrected chi connectivity index (χ4v) is 6.18. The van der Waals surface area contributed by atoms with Crippen molar-refractivity contribution >= 4 is 27.9 Å². The summed E-state index contributed by atoms with van der Waals surface area (Å²) in [5.41, 5.74) is 9.01. The molecule has 0 atom stereocenters. The lowest BCUT2D eigenvalue weighted by Gasteiger charge is -2.32. The first-order valence-electron chi connectivity index (χ1n) is 15.3. The molecule has 3 aromatic heterocycles. The van der Waals surface area contributed by atoms with Gasteiger partial charge in [-0.15, -0.1) is 0 Å². The Kier molecular flexibility index (Phi) is 6.69. The number of benzene rings is 3. The number of piperidine rings is 1. The van der Waals surface area contributed by atoms with E-state index >= 15 is 0 Å². The number of nitriles is 1. The Bertz CT molecular complexity index is 2000. The van der Waals surface area contributed by atoms with E-state index in [0.29, 0.717) is 12.1 Å². The number of rotatable bonds is 7. The molecule has 2 aliphatic rings. The van der Waals surface area contributed by atoms with Gasteiger partial charge < -0.3 is 9.88 Å². The standard InChI is InChI=1S/C35H31N9/c36-20-33-37-15-12-32(42-33)39-26-13-16-43(17-14-26)21-23-6-8-25(9-7-23)35-34(24-4-2-1-3-5-24)41-29-19-31-30(18-28(29)40-35)38-22-44(31)27-10-11-27/h1-9,12,15,18-19,22,26-27H,10-11,13-14,16-17,21H2,(H,37,39,42). The van der Waals surface area contributed by atoms with Gasteiger partial charge in [0.25, 0.3) is 0 Å². The van der Waals surface area contributed by atoms with E-state index in [0.717, 1.165) is 82.9 Å². The van der Waals surface area contributed by atoms with Crippen LogP contribution in [0.5, 0.6) is 0 Å². The zero-order valence-corrected chi connectivity index (χ0v) is 24.3. The molecule has 1 N–H and O–H groups in total. The van der Waals surface area contributed by atoms with Crippen LogP contribution in [0, 0.1) is 11.3 Å². The van der Waals surface area contributed by atoms with Crippen molar-refractivity contribution in [2.24, 2.45) is 0 Å². The van der Waals surface area contributed by atoms with Crippen molar-refractivity contribution in [2.75, 3.05) is 18.4 Å². The maximum absolute atomic E-state index is 9.07. The first kappa shape index (κ1) is 26.4. The Balaban J connectivity index is 1.02. The van der Waals surface area contributed by atoms with Gasteiger partial charge in [0.1, 0.15) is 11.9 Å². The fraction of sp³-hybridized carbons (Fsp3) is 0.257. The zero-order chi connectivity index (χ0) is 29.5. The third-order valence-corrected chi connectivity index (χ3v) is 8.68. The lowest BCUT2D eigenvalue weighted by molar-refractivity contribution is 0.211. The van der Waals surface area contributed by atoms with Gasteiger partial charge in [0, 0.05) is 49.0 Å². The van der Waals surface area contributed by atoms with Crippen molar-refractivity contribution in [1.82, 2.24) is 34.4 Å². The fourth-order valence-electron chi connectivity index (χ4n) is 6.18. The highest BCUT2D eigenvalue weighted by Crippen LogP contribution is 2.38. The zero-order valence-electron chi connectivity index (χ0n) is 24.3. The molecular weight excluding hydrogens is 546 g/mol. The molecule has 0 spiro atoms. The monoisotopic (exact) mass is 577 g/mol. The number of nitrogens with zero attached hydrogens (tertiary/aromatic N) is 8. The van der Waals surface area contributed by atoms with E-state index in [1.54, 1.807) is 6.20 Å². The smallest absolute Gasteiger partial charge is 0.234 e. The molecule has 2 fully saturated rings. The number of hydrogen-bond donors (Lipinski definition) is 1. The average molecular weight is 578 g/mol. The number of aromatic nitrogens is 6. The number of nitrogens with one attached hydrogen (secondary N) is 1. The maximum Gasteiger partial charge on any atom is 0.234 e. The molecule has 9 nitrogen and oxygen atoms in total. The van der Waals surface area contributed by atoms with E-state index in [4.69, 9.17) is 15.2 Å². The second kappa shape index (κ2) is 11.1. The molecule has 0 radical (unpaired) electrons. The van der Waals surface area contributed by atoms with Gasteiger partial charge in [0.2, 0.25) is 5.82 Å². The van der Waals surface area contributed by atoms with Crippen molar-refractivity contribution in [3.8, 4) is 28.6 Å². The highest BCUT2D eigenvalue weighted by Gasteiger charge is 2.25. The predicted octanol–water partition coefficient (Wildman–Crippen LogP) is 6.39. The van der Waals surface area contributed by atoms with Crippen LogP contribution in [0.1, 0.15) is 43.1 Å². The first-order valence-corrected chi connectivity index (χ1v) is 15.3. The third-order valence-electron chi connectivity index (χ3n) is 8.68. The molecular formula is C35H31N9. The molecule has 0 amide bonds.